The molecule has 4 atom stereocenters. The molecule has 27 heavy (non-hydrogen) atoms. The maximum Gasteiger partial charge on any atom is 0.471 e. The second-order valence-electron chi connectivity index (χ2n) is 6.61. The number of carbonyl (C=O) groups is 2. The summed E-state index contributed by atoms with van der Waals surface area (Å²) in [6.45, 7) is 1.05. The van der Waals surface area contributed by atoms with Crippen molar-refractivity contribution in [3.05, 3.63) is 0 Å². The van der Waals surface area contributed by atoms with Gasteiger partial charge in [-0.05, 0) is 19.3 Å². The molecule has 2 fully saturated rings. The Bertz CT molecular complexity index is 547. The van der Waals surface area contributed by atoms with Gasteiger partial charge in [0.1, 0.15) is 5.78 Å². The lowest BCUT2D eigenvalue weighted by Gasteiger charge is -2.15. The van der Waals surface area contributed by atoms with Gasteiger partial charge in [-0.25, -0.2) is 9.36 Å². The van der Waals surface area contributed by atoms with Gasteiger partial charge in [0.25, 0.3) is 0 Å². The molecule has 0 spiro atoms. The van der Waals surface area contributed by atoms with Crippen LogP contribution in [0.4, 0.5) is 4.79 Å². The summed E-state index contributed by atoms with van der Waals surface area (Å²) in [6, 6.07) is -0.0300. The summed E-state index contributed by atoms with van der Waals surface area (Å²) in [4.78, 5) is 32.2. The van der Waals surface area contributed by atoms with E-state index in [0.29, 0.717) is 32.5 Å². The van der Waals surface area contributed by atoms with Gasteiger partial charge < -0.3 is 25.0 Å². The van der Waals surface area contributed by atoms with Gasteiger partial charge in [0.2, 0.25) is 0 Å². The summed E-state index contributed by atoms with van der Waals surface area (Å²) in [6.07, 6.45) is 4.10. The van der Waals surface area contributed by atoms with Crippen molar-refractivity contribution in [2.45, 2.75) is 56.7 Å². The lowest BCUT2D eigenvalue weighted by Crippen LogP contribution is -2.37. The van der Waals surface area contributed by atoms with Gasteiger partial charge in [-0.1, -0.05) is 6.42 Å². The number of unbranched alkanes of at least 4 members (excludes halogenated alkanes) is 1. The van der Waals surface area contributed by atoms with Crippen LogP contribution in [0.3, 0.4) is 0 Å². The largest absolute Gasteiger partial charge is 0.471 e. The molecular formula is C16H29N2O8P. The fraction of sp³-hybridized carbons (Fsp3) is 0.875. The minimum Gasteiger partial charge on any atom is -0.379 e. The highest BCUT2D eigenvalue weighted by molar-refractivity contribution is 7.47. The maximum atomic E-state index is 11.9. The minimum atomic E-state index is -3.94. The van der Waals surface area contributed by atoms with Gasteiger partial charge in [-0.2, -0.15) is 0 Å². The van der Waals surface area contributed by atoms with Crippen molar-refractivity contribution >= 4 is 19.6 Å². The Morgan fingerprint density at radius 1 is 1.22 bits per heavy atom. The SMILES string of the molecule is COP(=O)(O)OCCOCCCC(=O)CCCCC1OCC2NC(=O)NC21. The normalized spacial score (nSPS) is 26.3. The van der Waals surface area contributed by atoms with Crippen molar-refractivity contribution in [3.63, 3.8) is 0 Å². The van der Waals surface area contributed by atoms with Crippen LogP contribution in [0.25, 0.3) is 0 Å². The Kier molecular flexibility index (Phi) is 9.14. The highest BCUT2D eigenvalue weighted by Crippen LogP contribution is 2.41. The lowest BCUT2D eigenvalue weighted by atomic mass is 10.0. The van der Waals surface area contributed by atoms with Crippen LogP contribution < -0.4 is 10.6 Å². The molecule has 4 unspecified atom stereocenters. The first-order valence-corrected chi connectivity index (χ1v) is 10.7. The third-order valence-electron chi connectivity index (χ3n) is 4.59. The number of phosphoric ester groups is 1. The van der Waals surface area contributed by atoms with E-state index < -0.39 is 7.82 Å². The zero-order valence-electron chi connectivity index (χ0n) is 15.6. The molecule has 10 nitrogen and oxygen atoms in total. The number of amides is 2. The number of rotatable bonds is 14. The van der Waals surface area contributed by atoms with Crippen LogP contribution in [0.2, 0.25) is 0 Å². The van der Waals surface area contributed by atoms with Gasteiger partial charge in [-0.3, -0.25) is 13.8 Å². The van der Waals surface area contributed by atoms with Gasteiger partial charge in [0, 0.05) is 26.6 Å². The van der Waals surface area contributed by atoms with E-state index in [2.05, 4.69) is 19.7 Å². The molecule has 2 heterocycles. The summed E-state index contributed by atoms with van der Waals surface area (Å²) >= 11 is 0. The number of hydrogen-bond donors (Lipinski definition) is 3. The molecule has 0 radical (unpaired) electrons. The molecule has 0 aromatic carbocycles. The standard InChI is InChI=1S/C16H29N2O8P/c1-23-27(21,22)26-10-9-24-8-4-6-12(19)5-2-3-7-14-15-13(11-25-14)17-16(20)18-15/h13-15H,2-11H2,1H3,(H,21,22)(H2,17,18,20). The Balaban J connectivity index is 1.42. The quantitative estimate of drug-likeness (QED) is 0.288. The summed E-state index contributed by atoms with van der Waals surface area (Å²) < 4.78 is 30.8. The highest BCUT2D eigenvalue weighted by atomic mass is 31.2. The van der Waals surface area contributed by atoms with Crippen molar-refractivity contribution in [1.82, 2.24) is 10.6 Å². The van der Waals surface area contributed by atoms with Crippen LogP contribution in [0.15, 0.2) is 0 Å². The number of nitrogens with one attached hydrogen (secondary N) is 2. The van der Waals surface area contributed by atoms with Crippen LogP contribution >= 0.6 is 7.82 Å². The molecule has 0 aliphatic carbocycles. The van der Waals surface area contributed by atoms with Crippen molar-refractivity contribution in [1.29, 1.82) is 0 Å². The van der Waals surface area contributed by atoms with Crippen LogP contribution in [-0.2, 0) is 27.9 Å². The molecule has 0 saturated carbocycles. The first-order chi connectivity index (χ1) is 12.9. The Morgan fingerprint density at radius 2 is 2.00 bits per heavy atom. The topological polar surface area (TPSA) is 132 Å². The van der Waals surface area contributed by atoms with Crippen LogP contribution in [0, 0.1) is 0 Å². The van der Waals surface area contributed by atoms with E-state index in [4.69, 9.17) is 14.4 Å². The molecule has 2 aliphatic rings. The molecule has 2 amide bonds. The second-order valence-corrected chi connectivity index (χ2v) is 8.17. The number of carbonyl (C=O) groups excluding carboxylic acids is 2. The zero-order chi connectivity index (χ0) is 19.7. The predicted molar refractivity (Wildman–Crippen MR) is 95.3 cm³/mol. The van der Waals surface area contributed by atoms with Gasteiger partial charge in [0.05, 0.1) is 38.0 Å². The molecule has 0 aromatic heterocycles. The zero-order valence-corrected chi connectivity index (χ0v) is 16.4. The average molecular weight is 408 g/mol. The van der Waals surface area contributed by atoms with Gasteiger partial charge in [0.15, 0.2) is 0 Å². The first kappa shape index (κ1) is 22.3. The van der Waals surface area contributed by atoms with Gasteiger partial charge >= 0.3 is 13.9 Å². The molecule has 0 bridgehead atoms. The van der Waals surface area contributed by atoms with Crippen molar-refractivity contribution in [3.8, 4) is 0 Å². The summed E-state index contributed by atoms with van der Waals surface area (Å²) in [5.41, 5.74) is 0. The molecule has 2 saturated heterocycles. The van der Waals surface area contributed by atoms with Crippen LogP contribution in [-0.4, -0.2) is 68.4 Å². The number of phosphoric acid groups is 1. The van der Waals surface area contributed by atoms with Crippen LogP contribution in [0.5, 0.6) is 0 Å². The van der Waals surface area contributed by atoms with Crippen molar-refractivity contribution < 1.29 is 37.6 Å². The molecule has 0 aromatic rings. The Morgan fingerprint density at radius 3 is 2.78 bits per heavy atom. The lowest BCUT2D eigenvalue weighted by molar-refractivity contribution is -0.119. The number of fused-ring (bicyclic) bond motifs is 1. The smallest absolute Gasteiger partial charge is 0.379 e. The number of ketones is 1. The molecule has 3 N–H and O–H groups in total. The monoisotopic (exact) mass is 408 g/mol. The Hall–Kier alpha value is -1.03. The van der Waals surface area contributed by atoms with E-state index in [1.807, 2.05) is 0 Å². The van der Waals surface area contributed by atoms with E-state index in [0.717, 1.165) is 26.4 Å². The fourth-order valence-electron chi connectivity index (χ4n) is 3.17. The average Bonchev–Trinajstić information content (AvgIpc) is 3.17. The molecule has 2 aliphatic heterocycles. The van der Waals surface area contributed by atoms with Gasteiger partial charge in [-0.15, -0.1) is 0 Å². The number of hydrogen-bond acceptors (Lipinski definition) is 7. The molecular weight excluding hydrogens is 379 g/mol. The van der Waals surface area contributed by atoms with E-state index in [1.165, 1.54) is 0 Å². The number of ether oxygens (including phenoxy) is 2. The van der Waals surface area contributed by atoms with Crippen molar-refractivity contribution in [2.24, 2.45) is 0 Å². The van der Waals surface area contributed by atoms with E-state index in [9.17, 15) is 14.2 Å². The molecule has 156 valence electrons. The third-order valence-corrected chi connectivity index (χ3v) is 5.56. The molecule has 2 rings (SSSR count). The predicted octanol–water partition coefficient (Wildman–Crippen LogP) is 1.12. The maximum absolute atomic E-state index is 11.9. The second kappa shape index (κ2) is 11.1. The number of urea groups is 1. The third kappa shape index (κ3) is 7.85. The van der Waals surface area contributed by atoms with E-state index >= 15 is 0 Å². The summed E-state index contributed by atoms with van der Waals surface area (Å²) in [5.74, 6) is 0.190. The summed E-state index contributed by atoms with van der Waals surface area (Å²) in [5, 5.41) is 5.70. The van der Waals surface area contributed by atoms with Crippen molar-refractivity contribution in [2.75, 3.05) is 33.5 Å². The number of Topliss-reactive ketones (excluding diaryl/α,β-unsaturated/α-hetero) is 1. The van der Waals surface area contributed by atoms with E-state index in [-0.39, 0.29) is 43.2 Å². The molecule has 11 heteroatoms. The van der Waals surface area contributed by atoms with Crippen LogP contribution in [0.1, 0.15) is 38.5 Å². The first-order valence-electron chi connectivity index (χ1n) is 9.22. The Labute approximate surface area is 158 Å². The highest BCUT2D eigenvalue weighted by Gasteiger charge is 2.43. The fourth-order valence-corrected chi connectivity index (χ4v) is 3.58. The summed E-state index contributed by atoms with van der Waals surface area (Å²) in [7, 11) is -2.85. The minimum absolute atomic E-state index is 0.0204. The van der Waals surface area contributed by atoms with E-state index in [1.54, 1.807) is 0 Å².